The van der Waals surface area contributed by atoms with Crippen molar-refractivity contribution in [2.45, 2.75) is 64.3 Å². The number of fused-ring (bicyclic) bond motifs is 4. The normalized spacial score (nSPS) is 20.7. The summed E-state index contributed by atoms with van der Waals surface area (Å²) in [6.45, 7) is 6.09. The molecule has 1 aromatic carbocycles. The summed E-state index contributed by atoms with van der Waals surface area (Å²) < 4.78 is 2.38. The highest BCUT2D eigenvalue weighted by atomic mass is 16.2. The van der Waals surface area contributed by atoms with Gasteiger partial charge in [0.05, 0.1) is 16.9 Å². The Hall–Kier alpha value is -2.23. The van der Waals surface area contributed by atoms with Crippen LogP contribution < -0.4 is 5.32 Å². The second-order valence-corrected chi connectivity index (χ2v) is 9.11. The van der Waals surface area contributed by atoms with E-state index in [4.69, 9.17) is 0 Å². The molecule has 2 aliphatic heterocycles. The first kappa shape index (κ1) is 17.8. The molecule has 1 N–H and O–H groups in total. The van der Waals surface area contributed by atoms with Crippen LogP contribution in [0, 0.1) is 19.8 Å². The molecule has 3 aliphatic rings. The van der Waals surface area contributed by atoms with E-state index in [9.17, 15) is 4.79 Å². The molecular formula is C24H31N3O. The standard InChI is InChI=1S/C24H31N3O/c1-17-9-10-20-23(18(17)2)27-13-5-8-21(27)24(25-20)11-14-26(15-12-24)22(28)16-19-6-3-4-7-19/h5,8-10,13,19,25H,3-4,6-7,11-12,14-16H2,1-2H3. The third-order valence-electron chi connectivity index (χ3n) is 7.46. The minimum absolute atomic E-state index is 0.0671. The van der Waals surface area contributed by atoms with Crippen LogP contribution in [0.3, 0.4) is 0 Å². The lowest BCUT2D eigenvalue weighted by molar-refractivity contribution is -0.133. The lowest BCUT2D eigenvalue weighted by atomic mass is 9.81. The van der Waals surface area contributed by atoms with Crippen molar-refractivity contribution in [2.24, 2.45) is 5.92 Å². The maximum absolute atomic E-state index is 12.8. The Morgan fingerprint density at radius 1 is 1.14 bits per heavy atom. The average molecular weight is 378 g/mol. The third-order valence-corrected chi connectivity index (χ3v) is 7.46. The van der Waals surface area contributed by atoms with Crippen LogP contribution in [0.25, 0.3) is 5.69 Å². The van der Waals surface area contributed by atoms with Crippen LogP contribution in [0.1, 0.15) is 61.8 Å². The summed E-state index contributed by atoms with van der Waals surface area (Å²) in [6.07, 6.45) is 10.0. The van der Waals surface area contributed by atoms with E-state index in [1.807, 2.05) is 0 Å². The number of hydrogen-bond acceptors (Lipinski definition) is 2. The predicted octanol–water partition coefficient (Wildman–Crippen LogP) is 4.92. The zero-order chi connectivity index (χ0) is 19.3. The number of piperidine rings is 1. The van der Waals surface area contributed by atoms with Gasteiger partial charge in [-0.1, -0.05) is 18.9 Å². The van der Waals surface area contributed by atoms with E-state index in [0.717, 1.165) is 32.4 Å². The molecular weight excluding hydrogens is 346 g/mol. The smallest absolute Gasteiger partial charge is 0.222 e. The molecule has 2 aromatic rings. The molecule has 1 saturated carbocycles. The molecule has 1 aromatic heterocycles. The van der Waals surface area contributed by atoms with Gasteiger partial charge in [-0.3, -0.25) is 4.79 Å². The van der Waals surface area contributed by atoms with Crippen molar-refractivity contribution in [1.29, 1.82) is 0 Å². The number of hydrogen-bond donors (Lipinski definition) is 1. The second kappa shape index (κ2) is 6.68. The van der Waals surface area contributed by atoms with Crippen LogP contribution in [0.15, 0.2) is 30.5 Å². The van der Waals surface area contributed by atoms with Gasteiger partial charge in [0, 0.05) is 31.4 Å². The highest BCUT2D eigenvalue weighted by Crippen LogP contribution is 2.45. The lowest BCUT2D eigenvalue weighted by Crippen LogP contribution is -2.51. The summed E-state index contributed by atoms with van der Waals surface area (Å²) in [7, 11) is 0. The third kappa shape index (κ3) is 2.76. The van der Waals surface area contributed by atoms with Crippen LogP contribution in [-0.4, -0.2) is 28.5 Å². The Balaban J connectivity index is 1.37. The number of nitrogens with zero attached hydrogens (tertiary/aromatic N) is 2. The minimum Gasteiger partial charge on any atom is -0.372 e. The summed E-state index contributed by atoms with van der Waals surface area (Å²) in [6, 6.07) is 8.85. The molecule has 0 radical (unpaired) electrons. The van der Waals surface area contributed by atoms with Crippen molar-refractivity contribution < 1.29 is 4.79 Å². The Kier molecular flexibility index (Phi) is 4.26. The fourth-order valence-electron chi connectivity index (χ4n) is 5.61. The van der Waals surface area contributed by atoms with Gasteiger partial charge in [0.2, 0.25) is 5.91 Å². The number of likely N-dealkylation sites (tertiary alicyclic amines) is 1. The summed E-state index contributed by atoms with van der Waals surface area (Å²) in [5.41, 5.74) is 6.44. The van der Waals surface area contributed by atoms with Gasteiger partial charge in [-0.2, -0.15) is 0 Å². The van der Waals surface area contributed by atoms with Gasteiger partial charge in [0.25, 0.3) is 0 Å². The molecule has 0 bridgehead atoms. The molecule has 3 heterocycles. The van der Waals surface area contributed by atoms with Gasteiger partial charge in [0.15, 0.2) is 0 Å². The van der Waals surface area contributed by atoms with Gasteiger partial charge in [-0.05, 0) is 74.8 Å². The average Bonchev–Trinajstić information content (AvgIpc) is 3.38. The van der Waals surface area contributed by atoms with Crippen LogP contribution in [0.2, 0.25) is 0 Å². The fourth-order valence-corrected chi connectivity index (χ4v) is 5.61. The first-order chi connectivity index (χ1) is 13.6. The number of aryl methyl sites for hydroxylation is 1. The SMILES string of the molecule is Cc1ccc2c(c1C)-n1cccc1C1(CCN(C(=O)CC3CCCC3)CC1)N2. The predicted molar refractivity (Wildman–Crippen MR) is 113 cm³/mol. The number of aromatic nitrogens is 1. The highest BCUT2D eigenvalue weighted by molar-refractivity contribution is 5.77. The van der Waals surface area contributed by atoms with Crippen LogP contribution in [0.4, 0.5) is 5.69 Å². The molecule has 1 saturated heterocycles. The van der Waals surface area contributed by atoms with Crippen molar-refractivity contribution in [3.8, 4) is 5.69 Å². The van der Waals surface area contributed by atoms with Crippen molar-refractivity contribution in [3.63, 3.8) is 0 Å². The van der Waals surface area contributed by atoms with E-state index in [-0.39, 0.29) is 5.54 Å². The molecule has 5 rings (SSSR count). The maximum atomic E-state index is 12.8. The number of benzene rings is 1. The maximum Gasteiger partial charge on any atom is 0.222 e. The highest BCUT2D eigenvalue weighted by Gasteiger charge is 2.42. The number of amides is 1. The first-order valence-electron chi connectivity index (χ1n) is 10.9. The zero-order valence-corrected chi connectivity index (χ0v) is 17.1. The molecule has 148 valence electrons. The number of anilines is 1. The largest absolute Gasteiger partial charge is 0.372 e. The Labute approximate surface area is 167 Å². The quantitative estimate of drug-likeness (QED) is 0.807. The molecule has 4 heteroatoms. The number of carbonyl (C=O) groups excluding carboxylic acids is 1. The zero-order valence-electron chi connectivity index (χ0n) is 17.1. The van der Waals surface area contributed by atoms with Crippen LogP contribution >= 0.6 is 0 Å². The van der Waals surface area contributed by atoms with Crippen LogP contribution in [-0.2, 0) is 10.3 Å². The lowest BCUT2D eigenvalue weighted by Gasteiger charge is -2.46. The first-order valence-corrected chi connectivity index (χ1v) is 10.9. The van der Waals surface area contributed by atoms with Crippen LogP contribution in [0.5, 0.6) is 0 Å². The van der Waals surface area contributed by atoms with E-state index >= 15 is 0 Å². The molecule has 1 spiro atoms. The van der Waals surface area contributed by atoms with E-state index < -0.39 is 0 Å². The van der Waals surface area contributed by atoms with Crippen molar-refractivity contribution in [3.05, 3.63) is 47.3 Å². The number of rotatable bonds is 2. The Morgan fingerprint density at radius 2 is 1.89 bits per heavy atom. The molecule has 1 aliphatic carbocycles. The fraction of sp³-hybridized carbons (Fsp3) is 0.542. The number of nitrogens with one attached hydrogen (secondary N) is 1. The van der Waals surface area contributed by atoms with Gasteiger partial charge in [-0.15, -0.1) is 0 Å². The molecule has 0 unspecified atom stereocenters. The van der Waals surface area contributed by atoms with Gasteiger partial charge in [-0.25, -0.2) is 0 Å². The molecule has 28 heavy (non-hydrogen) atoms. The second-order valence-electron chi connectivity index (χ2n) is 9.11. The Morgan fingerprint density at radius 3 is 2.64 bits per heavy atom. The minimum atomic E-state index is -0.0671. The summed E-state index contributed by atoms with van der Waals surface area (Å²) in [5, 5.41) is 3.90. The molecule has 1 amide bonds. The topological polar surface area (TPSA) is 37.3 Å². The van der Waals surface area contributed by atoms with E-state index in [1.165, 1.54) is 53.9 Å². The van der Waals surface area contributed by atoms with Gasteiger partial charge >= 0.3 is 0 Å². The number of carbonyl (C=O) groups is 1. The summed E-state index contributed by atoms with van der Waals surface area (Å²) >= 11 is 0. The van der Waals surface area contributed by atoms with Crippen molar-refractivity contribution in [2.75, 3.05) is 18.4 Å². The van der Waals surface area contributed by atoms with Crippen molar-refractivity contribution in [1.82, 2.24) is 9.47 Å². The van der Waals surface area contributed by atoms with E-state index in [1.54, 1.807) is 0 Å². The van der Waals surface area contributed by atoms with E-state index in [2.05, 4.69) is 59.1 Å². The van der Waals surface area contributed by atoms with Crippen molar-refractivity contribution >= 4 is 11.6 Å². The van der Waals surface area contributed by atoms with Gasteiger partial charge in [0.1, 0.15) is 0 Å². The summed E-state index contributed by atoms with van der Waals surface area (Å²) in [4.78, 5) is 14.9. The molecule has 2 fully saturated rings. The van der Waals surface area contributed by atoms with Gasteiger partial charge < -0.3 is 14.8 Å². The molecule has 0 atom stereocenters. The summed E-state index contributed by atoms with van der Waals surface area (Å²) in [5.74, 6) is 1.01. The monoisotopic (exact) mass is 377 g/mol. The molecule has 4 nitrogen and oxygen atoms in total. The van der Waals surface area contributed by atoms with E-state index in [0.29, 0.717) is 11.8 Å². The Bertz CT molecular complexity index is 899.